The Morgan fingerprint density at radius 3 is 2.12 bits per heavy atom. The van der Waals surface area contributed by atoms with Gasteiger partial charge in [-0.05, 0) is 99.0 Å². The van der Waals surface area contributed by atoms with E-state index in [2.05, 4.69) is 140 Å². The molecule has 1 aliphatic heterocycles. The van der Waals surface area contributed by atoms with Gasteiger partial charge in [0, 0.05) is 58.3 Å². The van der Waals surface area contributed by atoms with Gasteiger partial charge in [0.15, 0.2) is 0 Å². The van der Waals surface area contributed by atoms with Gasteiger partial charge in [-0.3, -0.25) is 4.57 Å². The van der Waals surface area contributed by atoms with E-state index in [1.807, 2.05) is 29.4 Å². The molecule has 0 bridgehead atoms. The van der Waals surface area contributed by atoms with Crippen LogP contribution in [0.1, 0.15) is 106 Å². The average Bonchev–Trinajstić information content (AvgIpc) is 3.75. The Balaban J connectivity index is 1.34. The summed E-state index contributed by atoms with van der Waals surface area (Å²) in [6.45, 7) is 18.2. The molecule has 0 fully saturated rings. The fourth-order valence-electron chi connectivity index (χ4n) is 7.21. The number of aromatic nitrogens is 2. The van der Waals surface area contributed by atoms with Crippen LogP contribution < -0.4 is 9.64 Å². The molecule has 4 aromatic carbocycles. The number of nitrogens with zero attached hydrogens (tertiary/aromatic N) is 4. The molecule has 6 aromatic rings. The van der Waals surface area contributed by atoms with Crippen molar-refractivity contribution in [1.82, 2.24) is 14.5 Å². The number of hydrogen-bond donors (Lipinski definition) is 0. The molecule has 0 saturated carbocycles. The minimum atomic E-state index is -2.21. The maximum absolute atomic E-state index is 7.88. The molecule has 2 aromatic heterocycles. The molecule has 0 unspecified atom stereocenters. The Bertz CT molecular complexity index is 2350. The highest BCUT2D eigenvalue weighted by atomic mass is 16.5. The predicted molar refractivity (Wildman–Crippen MR) is 216 cm³/mol. The van der Waals surface area contributed by atoms with E-state index in [9.17, 15) is 0 Å². The van der Waals surface area contributed by atoms with E-state index in [1.165, 1.54) is 32.7 Å². The number of rotatable bonds is 8. The highest BCUT2D eigenvalue weighted by molar-refractivity contribution is 6.09. The first-order valence-electron chi connectivity index (χ1n) is 19.7. The molecule has 0 saturated heterocycles. The summed E-state index contributed by atoms with van der Waals surface area (Å²) < 4.78 is 32.6. The van der Waals surface area contributed by atoms with Crippen molar-refractivity contribution in [2.45, 2.75) is 85.5 Å². The molecule has 0 radical (unpaired) electrons. The summed E-state index contributed by atoms with van der Waals surface area (Å²) in [5.41, 5.74) is 10.5. The third-order valence-corrected chi connectivity index (χ3v) is 10.1. The van der Waals surface area contributed by atoms with E-state index in [4.69, 9.17) is 13.8 Å². The Morgan fingerprint density at radius 2 is 1.45 bits per heavy atom. The molecule has 0 spiro atoms. The number of para-hydroxylation sites is 1. The third-order valence-electron chi connectivity index (χ3n) is 10.1. The van der Waals surface area contributed by atoms with Gasteiger partial charge < -0.3 is 14.5 Å². The van der Waals surface area contributed by atoms with Crippen LogP contribution in [0.5, 0.6) is 11.5 Å². The fourth-order valence-corrected chi connectivity index (χ4v) is 7.21. The smallest absolute Gasteiger partial charge is 0.138 e. The Labute approximate surface area is 308 Å². The van der Waals surface area contributed by atoms with Crippen LogP contribution in [-0.4, -0.2) is 28.1 Å². The lowest BCUT2D eigenvalue weighted by Crippen LogP contribution is -2.22. The SMILES string of the molecule is [2H]C([2H])([2H])N1C=CN(c2cc(Oc3ccc4c5ccccc5n(-c5cc(-c6c(C(C)C)cc(C(C)C)cc6C(C)C)ccn5)c4c3)cc(C(C)(C)C)c2)C1. The van der Waals surface area contributed by atoms with Gasteiger partial charge in [-0.1, -0.05) is 92.6 Å². The van der Waals surface area contributed by atoms with Crippen molar-refractivity contribution in [3.05, 3.63) is 126 Å². The van der Waals surface area contributed by atoms with Crippen molar-refractivity contribution in [2.24, 2.45) is 0 Å². The van der Waals surface area contributed by atoms with E-state index in [1.54, 1.807) is 6.20 Å². The molecule has 5 heteroatoms. The Hall–Kier alpha value is -5.03. The second-order valence-corrected chi connectivity index (χ2v) is 15.9. The second-order valence-electron chi connectivity index (χ2n) is 15.9. The Kier molecular flexibility index (Phi) is 8.00. The number of anilines is 1. The van der Waals surface area contributed by atoms with E-state index < -0.39 is 6.98 Å². The van der Waals surface area contributed by atoms with Crippen LogP contribution in [0, 0.1) is 0 Å². The largest absolute Gasteiger partial charge is 0.457 e. The van der Waals surface area contributed by atoms with Crippen LogP contribution in [-0.2, 0) is 5.41 Å². The fraction of sp³-hybridized carbons (Fsp3) is 0.326. The van der Waals surface area contributed by atoms with Crippen molar-refractivity contribution in [3.8, 4) is 28.4 Å². The van der Waals surface area contributed by atoms with Crippen LogP contribution >= 0.6 is 0 Å². The van der Waals surface area contributed by atoms with E-state index >= 15 is 0 Å². The second kappa shape index (κ2) is 13.3. The first-order valence-corrected chi connectivity index (χ1v) is 18.2. The van der Waals surface area contributed by atoms with Crippen LogP contribution in [0.4, 0.5) is 5.69 Å². The zero-order valence-corrected chi connectivity index (χ0v) is 31.5. The summed E-state index contributed by atoms with van der Waals surface area (Å²) in [6.07, 6.45) is 5.38. The third kappa shape index (κ3) is 6.62. The van der Waals surface area contributed by atoms with Gasteiger partial charge in [-0.2, -0.15) is 0 Å². The van der Waals surface area contributed by atoms with E-state index in [-0.39, 0.29) is 12.1 Å². The molecule has 1 aliphatic rings. The normalized spacial score (nSPS) is 14.7. The number of fused-ring (bicyclic) bond motifs is 3. The van der Waals surface area contributed by atoms with Crippen molar-refractivity contribution in [3.63, 3.8) is 0 Å². The Morgan fingerprint density at radius 1 is 0.725 bits per heavy atom. The molecule has 0 aliphatic carbocycles. The first-order chi connectivity index (χ1) is 25.5. The highest BCUT2D eigenvalue weighted by Crippen LogP contribution is 2.41. The number of benzene rings is 4. The van der Waals surface area contributed by atoms with Gasteiger partial charge >= 0.3 is 0 Å². The van der Waals surface area contributed by atoms with Gasteiger partial charge in [0.1, 0.15) is 17.3 Å². The van der Waals surface area contributed by atoms with Gasteiger partial charge in [0.2, 0.25) is 0 Å². The maximum atomic E-state index is 7.88. The lowest BCUT2D eigenvalue weighted by Gasteiger charge is -2.25. The van der Waals surface area contributed by atoms with Crippen LogP contribution in [0.2, 0.25) is 0 Å². The monoisotopic (exact) mass is 679 g/mol. The zero-order chi connectivity index (χ0) is 38.7. The van der Waals surface area contributed by atoms with Gasteiger partial charge in [-0.15, -0.1) is 0 Å². The van der Waals surface area contributed by atoms with E-state index in [0.717, 1.165) is 38.9 Å². The summed E-state index contributed by atoms with van der Waals surface area (Å²) >= 11 is 0. The van der Waals surface area contributed by atoms with Crippen molar-refractivity contribution >= 4 is 27.5 Å². The molecule has 51 heavy (non-hydrogen) atoms. The van der Waals surface area contributed by atoms with Crippen LogP contribution in [0.25, 0.3) is 38.8 Å². The maximum Gasteiger partial charge on any atom is 0.138 e. The molecule has 0 N–H and O–H groups in total. The quantitative estimate of drug-likeness (QED) is 0.160. The summed E-state index contributed by atoms with van der Waals surface area (Å²) in [5, 5.41) is 2.27. The number of hydrogen-bond acceptors (Lipinski definition) is 4. The van der Waals surface area contributed by atoms with Crippen LogP contribution in [0.15, 0.2) is 104 Å². The zero-order valence-electron chi connectivity index (χ0n) is 34.5. The summed E-state index contributed by atoms with van der Waals surface area (Å²) in [4.78, 5) is 8.31. The van der Waals surface area contributed by atoms with E-state index in [0.29, 0.717) is 29.3 Å². The van der Waals surface area contributed by atoms with Crippen molar-refractivity contribution in [1.29, 1.82) is 0 Å². The molecule has 5 nitrogen and oxygen atoms in total. The van der Waals surface area contributed by atoms with Gasteiger partial charge in [0.25, 0.3) is 0 Å². The lowest BCUT2D eigenvalue weighted by atomic mass is 9.82. The summed E-state index contributed by atoms with van der Waals surface area (Å²) in [5.74, 6) is 3.41. The molecule has 7 rings (SSSR count). The summed E-state index contributed by atoms with van der Waals surface area (Å²) in [6, 6.07) is 30.2. The summed E-state index contributed by atoms with van der Waals surface area (Å²) in [7, 11) is 0. The molecule has 3 heterocycles. The standard InChI is InChI=1S/C46H52N4O/c1-29(2)33-21-40(30(3)4)45(41(22-33)31(5)6)32-17-18-47-44(23-32)50-42-14-12-11-13-38(42)39-16-15-36(27-43(39)50)51-37-25-34(46(7,8)9)24-35(26-37)49-20-19-48(10)28-49/h11-27,29-31H,28H2,1-10H3/i10D3. The first kappa shape index (κ1) is 30.8. The molecular formula is C46H52N4O. The van der Waals surface area contributed by atoms with Crippen molar-refractivity contribution in [2.75, 3.05) is 18.5 Å². The molecule has 0 amide bonds. The van der Waals surface area contributed by atoms with Crippen molar-refractivity contribution < 1.29 is 8.85 Å². The lowest BCUT2D eigenvalue weighted by molar-refractivity contribution is 0.477. The van der Waals surface area contributed by atoms with Gasteiger partial charge in [0.05, 0.1) is 17.7 Å². The minimum Gasteiger partial charge on any atom is -0.457 e. The highest BCUT2D eigenvalue weighted by Gasteiger charge is 2.22. The average molecular weight is 680 g/mol. The topological polar surface area (TPSA) is 33.5 Å². The predicted octanol–water partition coefficient (Wildman–Crippen LogP) is 12.5. The number of pyridine rings is 1. The minimum absolute atomic E-state index is 0.158. The van der Waals surface area contributed by atoms with Crippen LogP contribution in [0.3, 0.4) is 0 Å². The molecular weight excluding hydrogens is 625 g/mol. The number of ether oxygens (including phenoxy) is 1. The molecule has 0 atom stereocenters. The molecule has 262 valence electrons. The van der Waals surface area contributed by atoms with Gasteiger partial charge in [-0.25, -0.2) is 4.98 Å².